The van der Waals surface area contributed by atoms with Gasteiger partial charge >= 0.3 is 0 Å². The maximum absolute atomic E-state index is 11.9. The molecule has 0 bridgehead atoms. The first-order valence-electron chi connectivity index (χ1n) is 5.05. The number of nitriles is 1. The van der Waals surface area contributed by atoms with E-state index < -0.39 is 5.56 Å². The minimum atomic E-state index is -0.394. The smallest absolute Gasteiger partial charge is 0.295 e. The molecular formula is C11H14N2O3. The SMILES string of the molecule is CCOc1c(C)cc(O)n(CCC#N)c1=O. The van der Waals surface area contributed by atoms with E-state index in [2.05, 4.69) is 0 Å². The van der Waals surface area contributed by atoms with E-state index in [0.717, 1.165) is 4.57 Å². The first-order valence-corrected chi connectivity index (χ1v) is 5.05. The lowest BCUT2D eigenvalue weighted by molar-refractivity contribution is 0.322. The van der Waals surface area contributed by atoms with Crippen LogP contribution in [0.1, 0.15) is 18.9 Å². The highest BCUT2D eigenvalue weighted by Crippen LogP contribution is 2.18. The van der Waals surface area contributed by atoms with E-state index in [0.29, 0.717) is 12.2 Å². The lowest BCUT2D eigenvalue weighted by Crippen LogP contribution is -2.23. The monoisotopic (exact) mass is 222 g/mol. The van der Waals surface area contributed by atoms with E-state index in [1.54, 1.807) is 13.8 Å². The fourth-order valence-corrected chi connectivity index (χ4v) is 1.43. The van der Waals surface area contributed by atoms with Crippen LogP contribution in [0.2, 0.25) is 0 Å². The van der Waals surface area contributed by atoms with Crippen molar-refractivity contribution in [2.45, 2.75) is 26.8 Å². The number of aryl methyl sites for hydroxylation is 1. The first kappa shape index (κ1) is 12.1. The summed E-state index contributed by atoms with van der Waals surface area (Å²) in [6.45, 7) is 4.03. The van der Waals surface area contributed by atoms with E-state index in [9.17, 15) is 9.90 Å². The molecule has 0 aliphatic rings. The van der Waals surface area contributed by atoms with Gasteiger partial charge < -0.3 is 9.84 Å². The first-order chi connectivity index (χ1) is 7.61. The second-order valence-corrected chi connectivity index (χ2v) is 3.31. The number of ether oxygens (including phenoxy) is 1. The molecule has 0 saturated carbocycles. The highest BCUT2D eigenvalue weighted by Gasteiger charge is 2.12. The van der Waals surface area contributed by atoms with Crippen LogP contribution in [0.25, 0.3) is 0 Å². The van der Waals surface area contributed by atoms with Gasteiger partial charge in [0.1, 0.15) is 0 Å². The molecule has 1 aromatic heterocycles. The fourth-order valence-electron chi connectivity index (χ4n) is 1.43. The van der Waals surface area contributed by atoms with E-state index >= 15 is 0 Å². The average Bonchev–Trinajstić information content (AvgIpc) is 2.24. The van der Waals surface area contributed by atoms with Gasteiger partial charge in [-0.3, -0.25) is 9.36 Å². The summed E-state index contributed by atoms with van der Waals surface area (Å²) in [5.74, 6) is 0.0967. The van der Waals surface area contributed by atoms with Crippen molar-refractivity contribution >= 4 is 0 Å². The zero-order valence-corrected chi connectivity index (χ0v) is 9.36. The van der Waals surface area contributed by atoms with Crippen molar-refractivity contribution < 1.29 is 9.84 Å². The van der Waals surface area contributed by atoms with Crippen LogP contribution in [0.5, 0.6) is 11.6 Å². The van der Waals surface area contributed by atoms with Crippen LogP contribution < -0.4 is 10.3 Å². The van der Waals surface area contributed by atoms with Crippen molar-refractivity contribution in [2.24, 2.45) is 0 Å². The molecule has 0 atom stereocenters. The molecule has 1 rings (SSSR count). The average molecular weight is 222 g/mol. The van der Waals surface area contributed by atoms with E-state index in [1.807, 2.05) is 6.07 Å². The van der Waals surface area contributed by atoms with Crippen LogP contribution >= 0.6 is 0 Å². The molecule has 0 spiro atoms. The van der Waals surface area contributed by atoms with Gasteiger partial charge in [0.25, 0.3) is 5.56 Å². The lowest BCUT2D eigenvalue weighted by Gasteiger charge is -2.11. The van der Waals surface area contributed by atoms with Crippen LogP contribution in [-0.2, 0) is 6.54 Å². The number of aromatic nitrogens is 1. The summed E-state index contributed by atoms with van der Waals surface area (Å²) < 4.78 is 6.36. The van der Waals surface area contributed by atoms with Gasteiger partial charge in [-0.25, -0.2) is 0 Å². The summed E-state index contributed by atoms with van der Waals surface area (Å²) in [5, 5.41) is 18.0. The third-order valence-corrected chi connectivity index (χ3v) is 2.16. The summed E-state index contributed by atoms with van der Waals surface area (Å²) in [7, 11) is 0. The molecule has 0 fully saturated rings. The number of nitrogens with zero attached hydrogens (tertiary/aromatic N) is 2. The molecule has 0 radical (unpaired) electrons. The predicted octanol–water partition coefficient (Wildman–Crippen LogP) is 1.17. The summed E-state index contributed by atoms with van der Waals surface area (Å²) >= 11 is 0. The van der Waals surface area contributed by atoms with Crippen molar-refractivity contribution in [2.75, 3.05) is 6.61 Å². The van der Waals surface area contributed by atoms with Gasteiger partial charge in [-0.2, -0.15) is 5.26 Å². The quantitative estimate of drug-likeness (QED) is 0.829. The molecular weight excluding hydrogens is 208 g/mol. The molecule has 86 valence electrons. The van der Waals surface area contributed by atoms with Crippen molar-refractivity contribution in [3.05, 3.63) is 22.0 Å². The molecule has 0 aliphatic carbocycles. The second-order valence-electron chi connectivity index (χ2n) is 3.31. The fraction of sp³-hybridized carbons (Fsp3) is 0.455. The molecule has 5 heteroatoms. The van der Waals surface area contributed by atoms with Gasteiger partial charge in [0.15, 0.2) is 11.6 Å². The Bertz CT molecular complexity index is 471. The van der Waals surface area contributed by atoms with Gasteiger partial charge in [-0.1, -0.05) is 0 Å². The summed E-state index contributed by atoms with van der Waals surface area (Å²) in [6.07, 6.45) is 0.169. The number of aromatic hydroxyl groups is 1. The van der Waals surface area contributed by atoms with Gasteiger partial charge in [0.2, 0.25) is 0 Å². The van der Waals surface area contributed by atoms with Crippen LogP contribution in [0.3, 0.4) is 0 Å². The number of pyridine rings is 1. The van der Waals surface area contributed by atoms with Crippen molar-refractivity contribution in [1.29, 1.82) is 5.26 Å². The number of rotatable bonds is 4. The molecule has 1 aromatic rings. The Kier molecular flexibility index (Phi) is 3.95. The topological polar surface area (TPSA) is 75.2 Å². The highest BCUT2D eigenvalue weighted by atomic mass is 16.5. The molecule has 0 amide bonds. The van der Waals surface area contributed by atoms with Crippen LogP contribution in [-0.4, -0.2) is 16.3 Å². The minimum Gasteiger partial charge on any atom is -0.494 e. The third kappa shape index (κ3) is 2.34. The van der Waals surface area contributed by atoms with Gasteiger partial charge in [0, 0.05) is 18.2 Å². The Morgan fingerprint density at radius 3 is 2.88 bits per heavy atom. The van der Waals surface area contributed by atoms with Crippen molar-refractivity contribution in [1.82, 2.24) is 4.57 Å². The molecule has 0 saturated heterocycles. The lowest BCUT2D eigenvalue weighted by atomic mass is 10.2. The normalized spacial score (nSPS) is 9.81. The predicted molar refractivity (Wildman–Crippen MR) is 58.5 cm³/mol. The number of hydrogen-bond donors (Lipinski definition) is 1. The van der Waals surface area contributed by atoms with Crippen LogP contribution in [0, 0.1) is 18.3 Å². The van der Waals surface area contributed by atoms with Gasteiger partial charge in [-0.05, 0) is 13.8 Å². The molecule has 1 heterocycles. The Morgan fingerprint density at radius 1 is 1.62 bits per heavy atom. The van der Waals surface area contributed by atoms with Crippen LogP contribution in [0.4, 0.5) is 0 Å². The zero-order valence-electron chi connectivity index (χ0n) is 9.36. The molecule has 0 aliphatic heterocycles. The Morgan fingerprint density at radius 2 is 2.31 bits per heavy atom. The van der Waals surface area contributed by atoms with Crippen LogP contribution in [0.15, 0.2) is 10.9 Å². The zero-order chi connectivity index (χ0) is 12.1. The summed E-state index contributed by atoms with van der Waals surface area (Å²) in [5.41, 5.74) is 0.201. The maximum Gasteiger partial charge on any atom is 0.295 e. The summed E-state index contributed by atoms with van der Waals surface area (Å²) in [4.78, 5) is 11.9. The number of hydrogen-bond acceptors (Lipinski definition) is 4. The highest BCUT2D eigenvalue weighted by molar-refractivity contribution is 5.34. The second kappa shape index (κ2) is 5.21. The molecule has 0 aromatic carbocycles. The standard InChI is InChI=1S/C11H14N2O3/c1-3-16-10-8(2)7-9(14)13(11(10)15)6-4-5-12/h7,14H,3-4,6H2,1-2H3. The van der Waals surface area contributed by atoms with E-state index in [-0.39, 0.29) is 24.6 Å². The van der Waals surface area contributed by atoms with Crippen molar-refractivity contribution in [3.8, 4) is 17.7 Å². The Balaban J connectivity index is 3.23. The minimum absolute atomic E-state index is 0.138. The van der Waals surface area contributed by atoms with Gasteiger partial charge in [-0.15, -0.1) is 0 Å². The molecule has 16 heavy (non-hydrogen) atoms. The molecule has 0 unspecified atom stereocenters. The van der Waals surface area contributed by atoms with Gasteiger partial charge in [0.05, 0.1) is 19.1 Å². The van der Waals surface area contributed by atoms with E-state index in [4.69, 9.17) is 10.00 Å². The van der Waals surface area contributed by atoms with Crippen molar-refractivity contribution in [3.63, 3.8) is 0 Å². The molecule has 5 nitrogen and oxygen atoms in total. The largest absolute Gasteiger partial charge is 0.494 e. The maximum atomic E-state index is 11.9. The molecule has 1 N–H and O–H groups in total. The summed E-state index contributed by atoms with van der Waals surface area (Å²) in [6, 6.07) is 3.39. The Hall–Kier alpha value is -1.96. The third-order valence-electron chi connectivity index (χ3n) is 2.16. The Labute approximate surface area is 93.5 Å². The van der Waals surface area contributed by atoms with E-state index in [1.165, 1.54) is 6.07 Å².